The predicted molar refractivity (Wildman–Crippen MR) is 261 cm³/mol. The Hall–Kier alpha value is -8.63. The van der Waals surface area contributed by atoms with Gasteiger partial charge in [0.1, 0.15) is 35.2 Å². The smallest absolute Gasteiger partial charge is 0.338 e. The maximum atomic E-state index is 14.6. The van der Waals surface area contributed by atoms with Crippen molar-refractivity contribution in [3.8, 4) is 40.1 Å². The van der Waals surface area contributed by atoms with Crippen LogP contribution in [0.25, 0.3) is 22.3 Å². The van der Waals surface area contributed by atoms with E-state index in [0.29, 0.717) is 17.1 Å². The lowest BCUT2D eigenvalue weighted by Crippen LogP contribution is -2.63. The van der Waals surface area contributed by atoms with E-state index in [1.807, 2.05) is 13.8 Å². The van der Waals surface area contributed by atoms with Gasteiger partial charge in [0.15, 0.2) is 29.5 Å². The van der Waals surface area contributed by atoms with E-state index in [-0.39, 0.29) is 68.8 Å². The molecule has 0 radical (unpaired) electrons. The van der Waals surface area contributed by atoms with E-state index in [4.69, 9.17) is 51.8 Å². The van der Waals surface area contributed by atoms with Crippen LogP contribution in [-0.4, -0.2) is 89.1 Å². The van der Waals surface area contributed by atoms with Crippen LogP contribution in [0.2, 0.25) is 0 Å². The van der Waals surface area contributed by atoms with Crippen molar-refractivity contribution in [3.63, 3.8) is 0 Å². The van der Waals surface area contributed by atoms with E-state index in [1.165, 1.54) is 69.9 Å². The molecular weight excluding hydrogens is 929 g/mol. The normalized spacial score (nSPS) is 17.3. The number of benzene rings is 6. The zero-order valence-corrected chi connectivity index (χ0v) is 39.8. The van der Waals surface area contributed by atoms with Crippen LogP contribution in [0.15, 0.2) is 161 Å². The summed E-state index contributed by atoms with van der Waals surface area (Å²) in [5.41, 5.74) is 0.350. The lowest BCUT2D eigenvalue weighted by Gasteiger charge is -2.44. The molecule has 16 heteroatoms. The molecule has 6 aromatic carbocycles. The quantitative estimate of drug-likeness (QED) is 0.0584. The molecule has 5 atom stereocenters. The van der Waals surface area contributed by atoms with Crippen molar-refractivity contribution >= 4 is 34.8 Å². The van der Waals surface area contributed by atoms with Crippen molar-refractivity contribution in [2.75, 3.05) is 34.5 Å². The van der Waals surface area contributed by atoms with Gasteiger partial charge < -0.3 is 51.8 Å². The van der Waals surface area contributed by atoms with Gasteiger partial charge in [-0.15, -0.1) is 0 Å². The number of fused-ring (bicyclic) bond motifs is 1. The van der Waals surface area contributed by atoms with E-state index in [1.54, 1.807) is 103 Å². The van der Waals surface area contributed by atoms with Crippen molar-refractivity contribution in [1.82, 2.24) is 0 Å². The molecule has 8 rings (SSSR count). The van der Waals surface area contributed by atoms with E-state index in [9.17, 15) is 24.0 Å². The van der Waals surface area contributed by atoms with Gasteiger partial charge in [-0.05, 0) is 72.6 Å². The molecule has 370 valence electrons. The van der Waals surface area contributed by atoms with Gasteiger partial charge in [0.25, 0.3) is 0 Å². The number of carbonyl (C=O) groups is 4. The molecule has 0 aliphatic carbocycles. The van der Waals surface area contributed by atoms with Crippen molar-refractivity contribution in [1.29, 1.82) is 0 Å². The number of hydrogen-bond acceptors (Lipinski definition) is 16. The molecule has 1 aliphatic heterocycles. The molecule has 0 saturated carbocycles. The minimum Gasteiger partial charge on any atom is -0.496 e. The van der Waals surface area contributed by atoms with Crippen molar-refractivity contribution in [2.24, 2.45) is 5.92 Å². The minimum atomic E-state index is -1.74. The Morgan fingerprint density at radius 3 is 1.57 bits per heavy atom. The first-order valence-electron chi connectivity index (χ1n) is 22.8. The summed E-state index contributed by atoms with van der Waals surface area (Å²) in [6.07, 6.45) is -8.28. The molecular formula is C56H50O16. The van der Waals surface area contributed by atoms with E-state index in [0.717, 1.165) is 0 Å². The second-order valence-corrected chi connectivity index (χ2v) is 16.7. The van der Waals surface area contributed by atoms with Gasteiger partial charge >= 0.3 is 23.9 Å². The Kier molecular flexibility index (Phi) is 15.8. The van der Waals surface area contributed by atoms with Crippen LogP contribution < -0.4 is 29.1 Å². The number of methoxy groups -OCH3 is 3. The molecule has 0 N–H and O–H groups in total. The van der Waals surface area contributed by atoms with Crippen molar-refractivity contribution in [2.45, 2.75) is 44.6 Å². The summed E-state index contributed by atoms with van der Waals surface area (Å²) in [6, 6.07) is 39.8. The fourth-order valence-electron chi connectivity index (χ4n) is 7.78. The molecule has 1 fully saturated rings. The molecule has 72 heavy (non-hydrogen) atoms. The molecule has 7 aromatic rings. The predicted octanol–water partition coefficient (Wildman–Crippen LogP) is 9.16. The fourth-order valence-corrected chi connectivity index (χ4v) is 7.78. The van der Waals surface area contributed by atoms with Gasteiger partial charge in [0, 0.05) is 17.7 Å². The highest BCUT2D eigenvalue weighted by Gasteiger charge is 2.54. The summed E-state index contributed by atoms with van der Waals surface area (Å²) in [4.78, 5) is 70.5. The fraction of sp³-hybridized carbons (Fsp3) is 0.232. The molecule has 1 saturated heterocycles. The van der Waals surface area contributed by atoms with Gasteiger partial charge in [0.05, 0.1) is 50.2 Å². The van der Waals surface area contributed by atoms with Crippen LogP contribution in [0.4, 0.5) is 0 Å². The van der Waals surface area contributed by atoms with E-state index < -0.39 is 66.6 Å². The lowest BCUT2D eigenvalue weighted by molar-refractivity contribution is -0.275. The third kappa shape index (κ3) is 11.4. The molecule has 0 bridgehead atoms. The summed E-state index contributed by atoms with van der Waals surface area (Å²) in [7, 11) is 4.31. The largest absolute Gasteiger partial charge is 0.496 e. The summed E-state index contributed by atoms with van der Waals surface area (Å²) in [6.45, 7) is 3.44. The summed E-state index contributed by atoms with van der Waals surface area (Å²) in [5.74, 6) is -2.71. The Labute approximate surface area is 413 Å². The van der Waals surface area contributed by atoms with Crippen LogP contribution in [0.1, 0.15) is 55.3 Å². The van der Waals surface area contributed by atoms with Crippen LogP contribution in [0.5, 0.6) is 28.7 Å². The Balaban J connectivity index is 1.27. The summed E-state index contributed by atoms with van der Waals surface area (Å²) in [5, 5.41) is -0.00212. The van der Waals surface area contributed by atoms with Gasteiger partial charge in [-0.25, -0.2) is 19.2 Å². The van der Waals surface area contributed by atoms with Gasteiger partial charge in [-0.2, -0.15) is 0 Å². The SMILES string of the molecule is COc1ccc(-c2oc3cc(O[C@@H]4OC(COC(=O)c5ccccc5)[C@@H](OC(=O)c5ccccc5)C(OC(=O)c5ccccc5)[C@@H]4OC(=O)c4ccccc4)cc(OC)c3c(=O)c2OCC(C)C)cc1OC. The molecule has 2 unspecified atom stereocenters. The molecule has 1 aliphatic rings. The topological polar surface area (TPSA) is 191 Å². The first kappa shape index (κ1) is 49.8. The van der Waals surface area contributed by atoms with E-state index in [2.05, 4.69) is 0 Å². The highest BCUT2D eigenvalue weighted by Crippen LogP contribution is 2.41. The number of carbonyl (C=O) groups excluding carboxylic acids is 4. The van der Waals surface area contributed by atoms with Gasteiger partial charge in [-0.1, -0.05) is 86.6 Å². The third-order valence-corrected chi connectivity index (χ3v) is 11.3. The molecule has 0 spiro atoms. The van der Waals surface area contributed by atoms with Crippen LogP contribution in [-0.2, 0) is 23.7 Å². The first-order valence-corrected chi connectivity index (χ1v) is 22.8. The zero-order valence-electron chi connectivity index (χ0n) is 39.8. The minimum absolute atomic E-state index is 0.00212. The molecule has 16 nitrogen and oxygen atoms in total. The standard InChI is InChI=1S/C56H50O16/c1-33(2)31-65-49-46(57)45-42(64-5)29-39(30-43(45)68-47(49)38-26-27-40(62-3)41(28-38)63-4)67-56-51(72-55(61)37-24-16-9-17-25-37)50(71-54(60)36-22-14-8-15-23-36)48(70-53(59)35-20-12-7-13-21-35)44(69-56)32-66-52(58)34-18-10-6-11-19-34/h6-30,33,44,48,50-51,56H,31-32H2,1-5H3/t44?,48-,50?,51+,56-/m1/s1. The van der Waals surface area contributed by atoms with Crippen LogP contribution in [0, 0.1) is 5.92 Å². The summed E-state index contributed by atoms with van der Waals surface area (Å²) >= 11 is 0. The third-order valence-electron chi connectivity index (χ3n) is 11.3. The lowest BCUT2D eigenvalue weighted by atomic mass is 9.97. The van der Waals surface area contributed by atoms with Crippen molar-refractivity contribution in [3.05, 3.63) is 184 Å². The number of esters is 4. The second-order valence-electron chi connectivity index (χ2n) is 16.7. The molecule has 2 heterocycles. The summed E-state index contributed by atoms with van der Waals surface area (Å²) < 4.78 is 67.1. The van der Waals surface area contributed by atoms with Crippen molar-refractivity contribution < 1.29 is 71.0 Å². The average Bonchev–Trinajstić information content (AvgIpc) is 3.41. The number of rotatable bonds is 18. The van der Waals surface area contributed by atoms with Gasteiger partial charge in [0.2, 0.25) is 23.6 Å². The monoisotopic (exact) mass is 978 g/mol. The average molecular weight is 979 g/mol. The zero-order chi connectivity index (χ0) is 50.7. The molecule has 0 amide bonds. The van der Waals surface area contributed by atoms with Crippen LogP contribution >= 0.6 is 0 Å². The molecule has 1 aromatic heterocycles. The maximum Gasteiger partial charge on any atom is 0.338 e. The Morgan fingerprint density at radius 1 is 0.556 bits per heavy atom. The Bertz CT molecular complexity index is 3070. The highest BCUT2D eigenvalue weighted by molar-refractivity contribution is 5.92. The van der Waals surface area contributed by atoms with E-state index >= 15 is 0 Å². The van der Waals surface area contributed by atoms with Crippen LogP contribution in [0.3, 0.4) is 0 Å². The second kappa shape index (κ2) is 22.9. The maximum absolute atomic E-state index is 14.6. The number of ether oxygens (including phenoxy) is 10. The van der Waals surface area contributed by atoms with Gasteiger partial charge in [-0.3, -0.25) is 4.79 Å². The first-order chi connectivity index (χ1) is 35.0. The number of hydrogen-bond donors (Lipinski definition) is 0. The Morgan fingerprint density at radius 2 is 1.06 bits per heavy atom. The highest BCUT2D eigenvalue weighted by atomic mass is 16.7.